The number of aromatic amines is 1. The van der Waals surface area contributed by atoms with Gasteiger partial charge >= 0.3 is 6.18 Å². The molecule has 0 amide bonds. The highest BCUT2D eigenvalue weighted by atomic mass is 35.5. The van der Waals surface area contributed by atoms with E-state index >= 15 is 0 Å². The molecule has 150 valence electrons. The van der Waals surface area contributed by atoms with Crippen LogP contribution in [0.5, 0.6) is 0 Å². The van der Waals surface area contributed by atoms with Crippen LogP contribution < -0.4 is 0 Å². The van der Waals surface area contributed by atoms with Gasteiger partial charge in [0.2, 0.25) is 10.0 Å². The van der Waals surface area contributed by atoms with E-state index in [0.717, 1.165) is 29.1 Å². The summed E-state index contributed by atoms with van der Waals surface area (Å²) in [5, 5.41) is 7.41. The van der Waals surface area contributed by atoms with Crippen LogP contribution in [0.2, 0.25) is 5.02 Å². The second-order valence-corrected chi connectivity index (χ2v) is 9.19. The van der Waals surface area contributed by atoms with Gasteiger partial charge < -0.3 is 0 Å². The fraction of sp³-hybridized carbons (Fsp3) is 0.222. The minimum Gasteiger partial charge on any atom is -0.282 e. The molecule has 0 radical (unpaired) electrons. The minimum atomic E-state index is -4.65. The molecule has 1 aromatic carbocycles. The van der Waals surface area contributed by atoms with E-state index in [1.165, 1.54) is 4.31 Å². The normalized spacial score (nSPS) is 21.1. The Hall–Kier alpha value is -2.43. The highest BCUT2D eigenvalue weighted by molar-refractivity contribution is 7.89. The van der Waals surface area contributed by atoms with Gasteiger partial charge in [0.1, 0.15) is 10.6 Å². The predicted molar refractivity (Wildman–Crippen MR) is 96.6 cm³/mol. The lowest BCUT2D eigenvalue weighted by atomic mass is 10.0. The van der Waals surface area contributed by atoms with Crippen LogP contribution in [-0.2, 0) is 22.6 Å². The molecule has 2 aromatic heterocycles. The third kappa shape index (κ3) is 2.70. The molecule has 2 aliphatic rings. The standard InChI is InChI=1S/C18H12ClF3N4O2S/c19-9-1-3-11-12(5-9)15-6-14-13(8-24-25-14)17(11)26(15)29(27,28)10-2-4-16(23-7-10)18(20,21)22/h1-5,7-8,15,17H,6H2,(H,24,25). The molecule has 2 unspecified atom stereocenters. The summed E-state index contributed by atoms with van der Waals surface area (Å²) >= 11 is 6.13. The lowest BCUT2D eigenvalue weighted by Gasteiger charge is -2.33. The number of aromatic nitrogens is 3. The van der Waals surface area contributed by atoms with Crippen molar-refractivity contribution < 1.29 is 21.6 Å². The number of nitrogens with zero attached hydrogens (tertiary/aromatic N) is 3. The first-order valence-electron chi connectivity index (χ1n) is 8.56. The van der Waals surface area contributed by atoms with Gasteiger partial charge in [-0.25, -0.2) is 8.42 Å². The van der Waals surface area contributed by atoms with E-state index in [2.05, 4.69) is 15.2 Å². The van der Waals surface area contributed by atoms with Crippen LogP contribution in [0.1, 0.15) is 40.2 Å². The molecule has 2 aliphatic heterocycles. The van der Waals surface area contributed by atoms with Gasteiger partial charge in [-0.05, 0) is 35.4 Å². The molecule has 2 bridgehead atoms. The first kappa shape index (κ1) is 18.6. The number of benzene rings is 1. The zero-order chi connectivity index (χ0) is 20.6. The van der Waals surface area contributed by atoms with E-state index in [9.17, 15) is 21.6 Å². The van der Waals surface area contributed by atoms with Gasteiger partial charge in [-0.1, -0.05) is 17.7 Å². The number of alkyl halides is 3. The van der Waals surface area contributed by atoms with Gasteiger partial charge in [-0.15, -0.1) is 0 Å². The number of H-pyrrole nitrogens is 1. The Morgan fingerprint density at radius 3 is 2.59 bits per heavy atom. The van der Waals surface area contributed by atoms with Crippen molar-refractivity contribution in [3.05, 3.63) is 75.8 Å². The molecule has 3 aromatic rings. The lowest BCUT2D eigenvalue weighted by Crippen LogP contribution is -2.37. The topological polar surface area (TPSA) is 79.0 Å². The van der Waals surface area contributed by atoms with Crippen LogP contribution >= 0.6 is 11.6 Å². The predicted octanol–water partition coefficient (Wildman–Crippen LogP) is 3.87. The summed E-state index contributed by atoms with van der Waals surface area (Å²) in [5.41, 5.74) is 1.94. The molecule has 6 nitrogen and oxygen atoms in total. The minimum absolute atomic E-state index is 0.300. The molecule has 0 saturated carbocycles. The van der Waals surface area contributed by atoms with Crippen molar-refractivity contribution in [2.24, 2.45) is 0 Å². The van der Waals surface area contributed by atoms with Crippen LogP contribution in [0.3, 0.4) is 0 Å². The Kier molecular flexibility index (Phi) is 3.87. The third-order valence-electron chi connectivity index (χ3n) is 5.31. The van der Waals surface area contributed by atoms with Gasteiger partial charge in [0, 0.05) is 28.9 Å². The van der Waals surface area contributed by atoms with Crippen molar-refractivity contribution in [1.82, 2.24) is 19.5 Å². The molecule has 5 rings (SSSR count). The Morgan fingerprint density at radius 2 is 1.90 bits per heavy atom. The fourth-order valence-corrected chi connectivity index (χ4v) is 5.96. The summed E-state index contributed by atoms with van der Waals surface area (Å²) in [4.78, 5) is 3.01. The van der Waals surface area contributed by atoms with Crippen molar-refractivity contribution in [2.45, 2.75) is 29.6 Å². The summed E-state index contributed by atoms with van der Waals surface area (Å²) in [7, 11) is -4.14. The van der Waals surface area contributed by atoms with Gasteiger partial charge in [0.05, 0.1) is 18.3 Å². The van der Waals surface area contributed by atoms with E-state index < -0.39 is 34.0 Å². The molecule has 0 spiro atoms. The van der Waals surface area contributed by atoms with Crippen molar-refractivity contribution >= 4 is 21.6 Å². The highest BCUT2D eigenvalue weighted by Crippen LogP contribution is 2.54. The number of rotatable bonds is 2. The van der Waals surface area contributed by atoms with Crippen LogP contribution in [0.15, 0.2) is 47.6 Å². The molecule has 2 atom stereocenters. The van der Waals surface area contributed by atoms with Gasteiger partial charge in [0.25, 0.3) is 0 Å². The third-order valence-corrected chi connectivity index (χ3v) is 7.40. The largest absolute Gasteiger partial charge is 0.433 e. The molecule has 29 heavy (non-hydrogen) atoms. The number of sulfonamides is 1. The zero-order valence-electron chi connectivity index (χ0n) is 14.5. The Labute approximate surface area is 168 Å². The van der Waals surface area contributed by atoms with Gasteiger partial charge in [0.15, 0.2) is 0 Å². The summed E-state index contributed by atoms with van der Waals surface area (Å²) in [6, 6.07) is 5.62. The Bertz CT molecular complexity index is 1220. The van der Waals surface area contributed by atoms with E-state index in [4.69, 9.17) is 11.6 Å². The van der Waals surface area contributed by atoms with E-state index in [0.29, 0.717) is 23.1 Å². The smallest absolute Gasteiger partial charge is 0.282 e. The van der Waals surface area contributed by atoms with Crippen molar-refractivity contribution in [3.8, 4) is 0 Å². The van der Waals surface area contributed by atoms with Crippen LogP contribution in [-0.4, -0.2) is 27.9 Å². The number of nitrogens with one attached hydrogen (secondary N) is 1. The maximum Gasteiger partial charge on any atom is 0.433 e. The molecule has 4 heterocycles. The van der Waals surface area contributed by atoms with Crippen molar-refractivity contribution in [3.63, 3.8) is 0 Å². The number of pyridine rings is 1. The summed E-state index contributed by atoms with van der Waals surface area (Å²) in [5.74, 6) is 0. The fourth-order valence-electron chi connectivity index (χ4n) is 4.09. The second kappa shape index (κ2) is 6.04. The quantitative estimate of drug-likeness (QED) is 0.656. The first-order chi connectivity index (χ1) is 13.7. The molecule has 1 N–H and O–H groups in total. The first-order valence-corrected chi connectivity index (χ1v) is 10.4. The summed E-state index contributed by atoms with van der Waals surface area (Å²) < 4.78 is 66.6. The Balaban J connectivity index is 1.64. The molecule has 0 fully saturated rings. The average Bonchev–Trinajstić information content (AvgIpc) is 3.23. The number of hydrogen-bond acceptors (Lipinski definition) is 4. The van der Waals surface area contributed by atoms with Gasteiger partial charge in [-0.3, -0.25) is 10.1 Å². The molecular weight excluding hydrogens is 429 g/mol. The SMILES string of the molecule is O=S(=O)(c1ccc(C(F)(F)F)nc1)N1C2Cc3[nH]ncc3C1c1ccc(Cl)cc12. The van der Waals surface area contributed by atoms with E-state index in [-0.39, 0.29) is 4.90 Å². The number of halogens is 4. The summed E-state index contributed by atoms with van der Waals surface area (Å²) in [6.45, 7) is 0. The van der Waals surface area contributed by atoms with Crippen LogP contribution in [0.4, 0.5) is 13.2 Å². The molecule has 0 aliphatic carbocycles. The van der Waals surface area contributed by atoms with Crippen LogP contribution in [0, 0.1) is 0 Å². The molecule has 11 heteroatoms. The maximum absolute atomic E-state index is 13.4. The zero-order valence-corrected chi connectivity index (χ0v) is 16.1. The van der Waals surface area contributed by atoms with E-state index in [1.807, 2.05) is 0 Å². The monoisotopic (exact) mass is 440 g/mol. The second-order valence-electron chi connectivity index (χ2n) is 6.91. The highest BCUT2D eigenvalue weighted by Gasteiger charge is 2.51. The molecule has 0 saturated heterocycles. The van der Waals surface area contributed by atoms with Crippen molar-refractivity contribution in [1.29, 1.82) is 0 Å². The number of fused-ring (bicyclic) bond motifs is 7. The van der Waals surface area contributed by atoms with Crippen molar-refractivity contribution in [2.75, 3.05) is 0 Å². The van der Waals surface area contributed by atoms with Gasteiger partial charge in [-0.2, -0.15) is 22.6 Å². The lowest BCUT2D eigenvalue weighted by molar-refractivity contribution is -0.141. The molecular formula is C18H12ClF3N4O2S. The Morgan fingerprint density at radius 1 is 1.10 bits per heavy atom. The summed E-state index contributed by atoms with van der Waals surface area (Å²) in [6.07, 6.45) is -1.97. The number of hydrogen-bond donors (Lipinski definition) is 1. The maximum atomic E-state index is 13.4. The van der Waals surface area contributed by atoms with Crippen LogP contribution in [0.25, 0.3) is 0 Å². The average molecular weight is 441 g/mol. The van der Waals surface area contributed by atoms with E-state index in [1.54, 1.807) is 24.4 Å².